The van der Waals surface area contributed by atoms with E-state index in [0.717, 1.165) is 36.4 Å². The summed E-state index contributed by atoms with van der Waals surface area (Å²) in [5, 5.41) is 9.19. The molecule has 0 bridgehead atoms. The number of anilines is 1. The van der Waals surface area contributed by atoms with Crippen LogP contribution in [-0.4, -0.2) is 24.2 Å². The second-order valence-electron chi connectivity index (χ2n) is 4.85. The lowest BCUT2D eigenvalue weighted by Crippen LogP contribution is -2.39. The average Bonchev–Trinajstić information content (AvgIpc) is 2.44. The molecule has 4 heteroatoms. The minimum absolute atomic E-state index is 0.000844. The molecule has 1 aliphatic heterocycles. The largest absolute Gasteiger partial charge is 0.482 e. The Hall–Kier alpha value is -1.55. The second-order valence-corrected chi connectivity index (χ2v) is 4.85. The van der Waals surface area contributed by atoms with Crippen LogP contribution in [0.3, 0.4) is 0 Å². The van der Waals surface area contributed by atoms with Gasteiger partial charge >= 0.3 is 0 Å². The van der Waals surface area contributed by atoms with E-state index in [9.17, 15) is 9.90 Å². The molecule has 4 nitrogen and oxygen atoms in total. The Bertz CT molecular complexity index is 445. The van der Waals surface area contributed by atoms with Gasteiger partial charge in [-0.25, -0.2) is 0 Å². The van der Waals surface area contributed by atoms with Crippen LogP contribution < -0.4 is 9.64 Å². The molecule has 104 valence electrons. The van der Waals surface area contributed by atoms with Crippen molar-refractivity contribution in [1.29, 1.82) is 0 Å². The third kappa shape index (κ3) is 3.26. The maximum atomic E-state index is 12.0. The molecule has 1 aromatic carbocycles. The summed E-state index contributed by atoms with van der Waals surface area (Å²) in [6.07, 6.45) is 4.52. The summed E-state index contributed by atoms with van der Waals surface area (Å²) in [5.74, 6) is 0.728. The summed E-state index contributed by atoms with van der Waals surface area (Å²) in [6, 6.07) is 5.49. The maximum Gasteiger partial charge on any atom is 0.265 e. The highest BCUT2D eigenvalue weighted by Crippen LogP contribution is 2.33. The molecule has 1 aliphatic rings. The van der Waals surface area contributed by atoms with Gasteiger partial charge in [-0.3, -0.25) is 4.79 Å². The molecule has 0 saturated carbocycles. The van der Waals surface area contributed by atoms with Crippen LogP contribution >= 0.6 is 0 Å². The fourth-order valence-electron chi connectivity index (χ4n) is 2.29. The second kappa shape index (κ2) is 6.57. The third-order valence-corrected chi connectivity index (χ3v) is 3.38. The Morgan fingerprint density at radius 1 is 1.32 bits per heavy atom. The summed E-state index contributed by atoms with van der Waals surface area (Å²) in [4.78, 5) is 13.7. The standard InChI is InChI=1S/C15H21NO3/c1-2-3-4-5-8-16-13-9-12(10-17)6-7-14(13)19-11-15(16)18/h6-7,9,17H,2-5,8,10-11H2,1H3. The van der Waals surface area contributed by atoms with Crippen LogP contribution in [0.25, 0.3) is 0 Å². The van der Waals surface area contributed by atoms with E-state index >= 15 is 0 Å². The van der Waals surface area contributed by atoms with Crippen molar-refractivity contribution in [2.45, 2.75) is 39.2 Å². The number of hydrogen-bond donors (Lipinski definition) is 1. The van der Waals surface area contributed by atoms with Gasteiger partial charge in [-0.15, -0.1) is 0 Å². The van der Waals surface area contributed by atoms with Crippen LogP contribution in [0.15, 0.2) is 18.2 Å². The van der Waals surface area contributed by atoms with Gasteiger partial charge in [0.2, 0.25) is 0 Å². The fourth-order valence-corrected chi connectivity index (χ4v) is 2.29. The number of aliphatic hydroxyl groups excluding tert-OH is 1. The Balaban J connectivity index is 2.12. The molecule has 0 aliphatic carbocycles. The van der Waals surface area contributed by atoms with E-state index in [4.69, 9.17) is 4.74 Å². The monoisotopic (exact) mass is 263 g/mol. The first kappa shape index (κ1) is 13.9. The van der Waals surface area contributed by atoms with Gasteiger partial charge < -0.3 is 14.7 Å². The smallest absolute Gasteiger partial charge is 0.265 e. The number of nitrogens with zero attached hydrogens (tertiary/aromatic N) is 1. The van der Waals surface area contributed by atoms with Crippen LogP contribution in [0.4, 0.5) is 5.69 Å². The summed E-state index contributed by atoms with van der Waals surface area (Å²) in [7, 11) is 0. The first-order valence-electron chi connectivity index (χ1n) is 6.93. The molecule has 0 radical (unpaired) electrons. The molecule has 19 heavy (non-hydrogen) atoms. The van der Waals surface area contributed by atoms with Crippen LogP contribution in [-0.2, 0) is 11.4 Å². The molecule has 0 unspecified atom stereocenters. The number of unbranched alkanes of at least 4 members (excludes halogenated alkanes) is 3. The lowest BCUT2D eigenvalue weighted by atomic mass is 10.1. The molecular weight excluding hydrogens is 242 g/mol. The van der Waals surface area contributed by atoms with Crippen molar-refractivity contribution in [2.24, 2.45) is 0 Å². The van der Waals surface area contributed by atoms with Crippen LogP contribution in [0.2, 0.25) is 0 Å². The lowest BCUT2D eigenvalue weighted by Gasteiger charge is -2.29. The number of carbonyl (C=O) groups excluding carboxylic acids is 1. The zero-order valence-corrected chi connectivity index (χ0v) is 11.4. The van der Waals surface area contributed by atoms with Gasteiger partial charge in [0.15, 0.2) is 6.61 Å². The number of hydrogen-bond acceptors (Lipinski definition) is 3. The van der Waals surface area contributed by atoms with Crippen molar-refractivity contribution in [1.82, 2.24) is 0 Å². The molecule has 0 saturated heterocycles. The molecule has 0 atom stereocenters. The summed E-state index contributed by atoms with van der Waals surface area (Å²) in [5.41, 5.74) is 1.59. The minimum atomic E-state index is -0.0227. The van der Waals surface area contributed by atoms with E-state index in [2.05, 4.69) is 6.92 Å². The predicted molar refractivity (Wildman–Crippen MR) is 74.4 cm³/mol. The van der Waals surface area contributed by atoms with Crippen molar-refractivity contribution in [2.75, 3.05) is 18.1 Å². The average molecular weight is 263 g/mol. The van der Waals surface area contributed by atoms with Crippen molar-refractivity contribution in [3.63, 3.8) is 0 Å². The SMILES string of the molecule is CCCCCCN1C(=O)COc2ccc(CO)cc21. The molecule has 1 aromatic rings. The fraction of sp³-hybridized carbons (Fsp3) is 0.533. The molecule has 0 fully saturated rings. The Morgan fingerprint density at radius 3 is 2.89 bits per heavy atom. The normalized spacial score (nSPS) is 14.2. The van der Waals surface area contributed by atoms with E-state index in [1.807, 2.05) is 18.2 Å². The van der Waals surface area contributed by atoms with Gasteiger partial charge in [0.1, 0.15) is 5.75 Å². The first-order valence-corrected chi connectivity index (χ1v) is 6.93. The highest BCUT2D eigenvalue weighted by Gasteiger charge is 2.25. The van der Waals surface area contributed by atoms with Gasteiger partial charge in [0.25, 0.3) is 5.91 Å². The zero-order valence-electron chi connectivity index (χ0n) is 11.4. The molecule has 0 spiro atoms. The van der Waals surface area contributed by atoms with Crippen molar-refractivity contribution in [3.8, 4) is 5.75 Å². The highest BCUT2D eigenvalue weighted by molar-refractivity contribution is 5.97. The Morgan fingerprint density at radius 2 is 2.16 bits per heavy atom. The van der Waals surface area contributed by atoms with Gasteiger partial charge in [-0.05, 0) is 24.1 Å². The number of rotatable bonds is 6. The minimum Gasteiger partial charge on any atom is -0.482 e. The number of fused-ring (bicyclic) bond motifs is 1. The van der Waals surface area contributed by atoms with Gasteiger partial charge in [0.05, 0.1) is 12.3 Å². The number of carbonyl (C=O) groups is 1. The maximum absolute atomic E-state index is 12.0. The van der Waals surface area contributed by atoms with Crippen molar-refractivity contribution < 1.29 is 14.6 Å². The molecule has 1 heterocycles. The lowest BCUT2D eigenvalue weighted by molar-refractivity contribution is -0.121. The third-order valence-electron chi connectivity index (χ3n) is 3.38. The Labute approximate surface area is 114 Å². The molecule has 1 amide bonds. The Kier molecular flexibility index (Phi) is 4.80. The molecule has 0 aromatic heterocycles. The number of benzene rings is 1. The van der Waals surface area contributed by atoms with E-state index < -0.39 is 0 Å². The number of amides is 1. The molecule has 1 N–H and O–H groups in total. The van der Waals surface area contributed by atoms with Gasteiger partial charge in [-0.2, -0.15) is 0 Å². The van der Waals surface area contributed by atoms with Gasteiger partial charge in [-0.1, -0.05) is 32.3 Å². The van der Waals surface area contributed by atoms with E-state index in [-0.39, 0.29) is 19.1 Å². The van der Waals surface area contributed by atoms with Crippen LogP contribution in [0, 0.1) is 0 Å². The van der Waals surface area contributed by atoms with Crippen molar-refractivity contribution >= 4 is 11.6 Å². The van der Waals surface area contributed by atoms with E-state index in [1.54, 1.807) is 4.90 Å². The van der Waals surface area contributed by atoms with Gasteiger partial charge in [0, 0.05) is 6.54 Å². The topological polar surface area (TPSA) is 49.8 Å². The highest BCUT2D eigenvalue weighted by atomic mass is 16.5. The molecular formula is C15H21NO3. The summed E-state index contributed by atoms with van der Waals surface area (Å²) in [6.45, 7) is 2.98. The summed E-state index contributed by atoms with van der Waals surface area (Å²) < 4.78 is 5.42. The zero-order chi connectivity index (χ0) is 13.7. The first-order chi connectivity index (χ1) is 9.26. The van der Waals surface area contributed by atoms with Crippen LogP contribution in [0.5, 0.6) is 5.75 Å². The van der Waals surface area contributed by atoms with E-state index in [0.29, 0.717) is 0 Å². The van der Waals surface area contributed by atoms with Crippen molar-refractivity contribution in [3.05, 3.63) is 23.8 Å². The number of aliphatic hydroxyl groups is 1. The van der Waals surface area contributed by atoms with Crippen LogP contribution in [0.1, 0.15) is 38.2 Å². The summed E-state index contributed by atoms with van der Waals surface area (Å²) >= 11 is 0. The quantitative estimate of drug-likeness (QED) is 0.802. The number of ether oxygens (including phenoxy) is 1. The van der Waals surface area contributed by atoms with E-state index in [1.165, 1.54) is 12.8 Å². The predicted octanol–water partition coefficient (Wildman–Crippen LogP) is 2.48. The molecule has 2 rings (SSSR count).